The van der Waals surface area contributed by atoms with E-state index in [4.69, 9.17) is 16.0 Å². The molecule has 0 saturated heterocycles. The van der Waals surface area contributed by atoms with Crippen LogP contribution in [0.3, 0.4) is 0 Å². The van der Waals surface area contributed by atoms with Gasteiger partial charge in [0.2, 0.25) is 0 Å². The molecule has 0 saturated carbocycles. The first-order valence-electron chi connectivity index (χ1n) is 9.00. The lowest BCUT2D eigenvalue weighted by molar-refractivity contribution is 0.0957. The number of furan rings is 1. The number of nitrogens with zero attached hydrogens (tertiary/aromatic N) is 1. The normalized spacial score (nSPS) is 11.5. The molecule has 2 amide bonds. The smallest absolute Gasteiger partial charge is 0.291 e. The summed E-state index contributed by atoms with van der Waals surface area (Å²) in [5, 5.41) is 8.20. The lowest BCUT2D eigenvalue weighted by atomic mass is 10.1. The second-order valence-electron chi connectivity index (χ2n) is 6.39. The molecule has 6 nitrogen and oxygen atoms in total. The molecule has 0 spiro atoms. The van der Waals surface area contributed by atoms with Gasteiger partial charge in [-0.1, -0.05) is 41.9 Å². The third-order valence-corrected chi connectivity index (χ3v) is 6.05. The van der Waals surface area contributed by atoms with E-state index in [2.05, 4.69) is 15.8 Å². The Kier molecular flexibility index (Phi) is 5.65. The topological polar surface area (TPSA) is 83.7 Å². The summed E-state index contributed by atoms with van der Waals surface area (Å²) in [5.74, 6) is -0.451. The van der Waals surface area contributed by atoms with E-state index >= 15 is 0 Å². The highest BCUT2D eigenvalue weighted by molar-refractivity contribution is 7.21. The van der Waals surface area contributed by atoms with Gasteiger partial charge in [0.1, 0.15) is 4.88 Å². The SMILES string of the molecule is C/C(=N/NC(=O)c1sc2ccccc2c1Cl)c1ccc(NC(=O)c2ccco2)cc1. The van der Waals surface area contributed by atoms with Crippen LogP contribution in [0, 0.1) is 0 Å². The number of nitrogens with one attached hydrogen (secondary N) is 2. The number of hydrazone groups is 1. The first kappa shape index (κ1) is 19.9. The van der Waals surface area contributed by atoms with Crippen LogP contribution in [0.25, 0.3) is 10.1 Å². The molecule has 0 aliphatic heterocycles. The minimum Gasteiger partial charge on any atom is -0.459 e. The zero-order chi connectivity index (χ0) is 21.1. The van der Waals surface area contributed by atoms with Crippen LogP contribution in [-0.4, -0.2) is 17.5 Å². The Labute approximate surface area is 181 Å². The molecule has 4 rings (SSSR count). The number of hydrogen-bond acceptors (Lipinski definition) is 5. The highest BCUT2D eigenvalue weighted by atomic mass is 35.5. The van der Waals surface area contributed by atoms with Crippen LogP contribution in [0.5, 0.6) is 0 Å². The fourth-order valence-corrected chi connectivity index (χ4v) is 4.21. The van der Waals surface area contributed by atoms with Crippen molar-refractivity contribution in [2.24, 2.45) is 5.10 Å². The summed E-state index contributed by atoms with van der Waals surface area (Å²) in [6.45, 7) is 1.78. The van der Waals surface area contributed by atoms with Crippen LogP contribution >= 0.6 is 22.9 Å². The molecule has 2 aromatic carbocycles. The Morgan fingerprint density at radius 1 is 1.00 bits per heavy atom. The van der Waals surface area contributed by atoms with Gasteiger partial charge in [0, 0.05) is 15.8 Å². The largest absolute Gasteiger partial charge is 0.459 e. The van der Waals surface area contributed by atoms with Gasteiger partial charge >= 0.3 is 0 Å². The quantitative estimate of drug-likeness (QED) is 0.317. The van der Waals surface area contributed by atoms with Crippen molar-refractivity contribution in [1.82, 2.24) is 5.43 Å². The van der Waals surface area contributed by atoms with Crippen molar-refractivity contribution in [3.05, 3.63) is 88.2 Å². The molecule has 0 unspecified atom stereocenters. The lowest BCUT2D eigenvalue weighted by Crippen LogP contribution is -2.18. The monoisotopic (exact) mass is 437 g/mol. The van der Waals surface area contributed by atoms with E-state index in [1.54, 1.807) is 43.3 Å². The maximum absolute atomic E-state index is 12.5. The van der Waals surface area contributed by atoms with E-state index in [0.717, 1.165) is 15.6 Å². The fraction of sp³-hybridized carbons (Fsp3) is 0.0455. The molecule has 150 valence electrons. The summed E-state index contributed by atoms with van der Waals surface area (Å²) in [6, 6.07) is 17.9. The predicted molar refractivity (Wildman–Crippen MR) is 120 cm³/mol. The van der Waals surface area contributed by atoms with Gasteiger partial charge in [-0.2, -0.15) is 5.10 Å². The van der Waals surface area contributed by atoms with E-state index < -0.39 is 0 Å². The molecule has 8 heteroatoms. The number of fused-ring (bicyclic) bond motifs is 1. The van der Waals surface area contributed by atoms with Crippen molar-refractivity contribution >= 4 is 56.2 Å². The molecular formula is C22H16ClN3O3S. The molecule has 0 atom stereocenters. The Morgan fingerprint density at radius 2 is 1.77 bits per heavy atom. The maximum atomic E-state index is 12.5. The van der Waals surface area contributed by atoms with Crippen molar-refractivity contribution in [2.45, 2.75) is 6.92 Å². The molecular weight excluding hydrogens is 422 g/mol. The van der Waals surface area contributed by atoms with E-state index in [1.807, 2.05) is 24.3 Å². The summed E-state index contributed by atoms with van der Waals surface area (Å²) < 4.78 is 6.01. The molecule has 0 fully saturated rings. The first-order chi connectivity index (χ1) is 14.5. The Morgan fingerprint density at radius 3 is 2.47 bits per heavy atom. The van der Waals surface area contributed by atoms with Crippen LogP contribution in [-0.2, 0) is 0 Å². The number of carbonyl (C=O) groups is 2. The summed E-state index contributed by atoms with van der Waals surface area (Å²) in [4.78, 5) is 24.9. The summed E-state index contributed by atoms with van der Waals surface area (Å²) in [7, 11) is 0. The Hall–Kier alpha value is -3.42. The van der Waals surface area contributed by atoms with Crippen LogP contribution in [0.15, 0.2) is 76.4 Å². The number of carbonyl (C=O) groups excluding carboxylic acids is 2. The van der Waals surface area contributed by atoms with E-state index in [-0.39, 0.29) is 17.6 Å². The molecule has 0 bridgehead atoms. The molecule has 30 heavy (non-hydrogen) atoms. The van der Waals surface area contributed by atoms with Crippen LogP contribution < -0.4 is 10.7 Å². The minimum atomic E-state index is -0.358. The molecule has 0 aliphatic carbocycles. The fourth-order valence-electron chi connectivity index (χ4n) is 2.81. The molecule has 4 aromatic rings. The second-order valence-corrected chi connectivity index (χ2v) is 7.82. The number of anilines is 1. The average Bonchev–Trinajstić information content (AvgIpc) is 3.41. The molecule has 0 radical (unpaired) electrons. The van der Waals surface area contributed by atoms with Crippen LogP contribution in [0.2, 0.25) is 5.02 Å². The number of amides is 2. The van der Waals surface area contributed by atoms with Gasteiger partial charge in [-0.05, 0) is 42.8 Å². The highest BCUT2D eigenvalue weighted by Gasteiger charge is 2.16. The third-order valence-electron chi connectivity index (χ3n) is 4.37. The van der Waals surface area contributed by atoms with Crippen molar-refractivity contribution in [3.8, 4) is 0 Å². The number of hydrogen-bond donors (Lipinski definition) is 2. The predicted octanol–water partition coefficient (Wildman–Crippen LogP) is 5.55. The zero-order valence-corrected chi connectivity index (χ0v) is 17.4. The van der Waals surface area contributed by atoms with Gasteiger partial charge < -0.3 is 9.73 Å². The van der Waals surface area contributed by atoms with Gasteiger partial charge in [-0.15, -0.1) is 11.3 Å². The highest BCUT2D eigenvalue weighted by Crippen LogP contribution is 2.34. The molecule has 0 aliphatic rings. The molecule has 2 N–H and O–H groups in total. The van der Waals surface area contributed by atoms with Crippen molar-refractivity contribution in [1.29, 1.82) is 0 Å². The summed E-state index contributed by atoms with van der Waals surface area (Å²) in [6.07, 6.45) is 1.44. The van der Waals surface area contributed by atoms with Crippen LogP contribution in [0.4, 0.5) is 5.69 Å². The average molecular weight is 438 g/mol. The van der Waals surface area contributed by atoms with Gasteiger partial charge in [0.25, 0.3) is 11.8 Å². The Balaban J connectivity index is 1.43. The van der Waals surface area contributed by atoms with Gasteiger partial charge in [0.15, 0.2) is 5.76 Å². The molecule has 2 aromatic heterocycles. The van der Waals surface area contributed by atoms with E-state index in [1.165, 1.54) is 17.6 Å². The summed E-state index contributed by atoms with van der Waals surface area (Å²) in [5.41, 5.74) is 4.59. The van der Waals surface area contributed by atoms with Gasteiger partial charge in [-0.25, -0.2) is 5.43 Å². The van der Waals surface area contributed by atoms with Gasteiger partial charge in [0.05, 0.1) is 17.0 Å². The summed E-state index contributed by atoms with van der Waals surface area (Å²) >= 11 is 7.66. The number of rotatable bonds is 5. The van der Waals surface area contributed by atoms with Crippen molar-refractivity contribution in [2.75, 3.05) is 5.32 Å². The van der Waals surface area contributed by atoms with E-state index in [0.29, 0.717) is 21.3 Å². The number of thiophene rings is 1. The maximum Gasteiger partial charge on any atom is 0.291 e. The number of benzene rings is 2. The third kappa shape index (κ3) is 4.12. The zero-order valence-electron chi connectivity index (χ0n) is 15.8. The standard InChI is InChI=1S/C22H16ClN3O3S/c1-13(14-8-10-15(11-9-14)24-21(27)17-6-4-12-29-17)25-26-22(28)20-19(23)16-5-2-3-7-18(16)30-20/h2-12H,1H3,(H,24,27)(H,26,28)/b25-13-. The lowest BCUT2D eigenvalue weighted by Gasteiger charge is -2.06. The van der Waals surface area contributed by atoms with Crippen LogP contribution in [0.1, 0.15) is 32.7 Å². The first-order valence-corrected chi connectivity index (χ1v) is 10.2. The van der Waals surface area contributed by atoms with Crippen molar-refractivity contribution in [3.63, 3.8) is 0 Å². The number of halogens is 1. The van der Waals surface area contributed by atoms with Crippen molar-refractivity contribution < 1.29 is 14.0 Å². The minimum absolute atomic E-state index is 0.236. The second kappa shape index (κ2) is 8.52. The van der Waals surface area contributed by atoms with Gasteiger partial charge in [-0.3, -0.25) is 9.59 Å². The molecule has 2 heterocycles. The van der Waals surface area contributed by atoms with E-state index in [9.17, 15) is 9.59 Å². The Bertz CT molecular complexity index is 1240.